The Morgan fingerprint density at radius 3 is 2.65 bits per heavy atom. The number of rotatable bonds is 2. The summed E-state index contributed by atoms with van der Waals surface area (Å²) in [6.07, 6.45) is 1.71. The molecule has 0 saturated carbocycles. The van der Waals surface area contributed by atoms with Crippen LogP contribution in [0.2, 0.25) is 0 Å². The van der Waals surface area contributed by atoms with Crippen LogP contribution in [0.4, 0.5) is 0 Å². The van der Waals surface area contributed by atoms with E-state index in [1.54, 1.807) is 16.6 Å². The Labute approximate surface area is 121 Å². The van der Waals surface area contributed by atoms with Crippen molar-refractivity contribution in [1.29, 1.82) is 0 Å². The highest BCUT2D eigenvalue weighted by Crippen LogP contribution is 2.39. The lowest BCUT2D eigenvalue weighted by atomic mass is 10.1. The fourth-order valence-corrected chi connectivity index (χ4v) is 2.92. The topological polar surface area (TPSA) is 42.4 Å². The highest BCUT2D eigenvalue weighted by Gasteiger charge is 2.40. The van der Waals surface area contributed by atoms with Crippen molar-refractivity contribution >= 4 is 17.9 Å². The second-order valence-corrected chi connectivity index (χ2v) is 5.87. The quantitative estimate of drug-likeness (QED) is 0.794. The van der Waals surface area contributed by atoms with E-state index >= 15 is 0 Å². The number of nitrogens with zero attached hydrogens (tertiary/aromatic N) is 2. The van der Waals surface area contributed by atoms with Crippen molar-refractivity contribution in [2.75, 3.05) is 0 Å². The van der Waals surface area contributed by atoms with Crippen LogP contribution < -0.4 is 4.74 Å². The fourth-order valence-electron chi connectivity index (χ4n) is 2.04. The van der Waals surface area contributed by atoms with Gasteiger partial charge in [0, 0.05) is 18.1 Å². The summed E-state index contributed by atoms with van der Waals surface area (Å²) in [5.41, 5.74) is -0.150. The van der Waals surface area contributed by atoms with Gasteiger partial charge in [-0.2, -0.15) is 0 Å². The van der Waals surface area contributed by atoms with E-state index in [2.05, 4.69) is 4.98 Å². The van der Waals surface area contributed by atoms with Crippen LogP contribution in [0.5, 0.6) is 5.75 Å². The Morgan fingerprint density at radius 1 is 1.15 bits per heavy atom. The minimum absolute atomic E-state index is 0.0625. The second kappa shape index (κ2) is 4.83. The molecule has 0 aliphatic carbocycles. The van der Waals surface area contributed by atoms with Crippen LogP contribution in [0, 0.1) is 0 Å². The molecule has 0 fully saturated rings. The average Bonchev–Trinajstić information content (AvgIpc) is 2.44. The van der Waals surface area contributed by atoms with Crippen LogP contribution in [-0.2, 0) is 0 Å². The van der Waals surface area contributed by atoms with Crippen molar-refractivity contribution in [3.63, 3.8) is 0 Å². The van der Waals surface area contributed by atoms with Gasteiger partial charge in [0.2, 0.25) is 0 Å². The molecule has 0 bridgehead atoms. The molecule has 102 valence electrons. The van der Waals surface area contributed by atoms with Crippen molar-refractivity contribution in [2.24, 2.45) is 0 Å². The molecule has 0 unspecified atom stereocenters. The molecule has 1 aliphatic rings. The smallest absolute Gasteiger partial charge is 0.271 e. The highest BCUT2D eigenvalue weighted by molar-refractivity contribution is 7.97. The van der Waals surface area contributed by atoms with Gasteiger partial charge in [0.25, 0.3) is 5.91 Å². The molecule has 1 amide bonds. The van der Waals surface area contributed by atoms with Crippen LogP contribution in [0.3, 0.4) is 0 Å². The van der Waals surface area contributed by atoms with Crippen LogP contribution in [0.25, 0.3) is 0 Å². The maximum absolute atomic E-state index is 12.6. The van der Waals surface area contributed by atoms with Crippen LogP contribution in [0.15, 0.2) is 53.7 Å². The highest BCUT2D eigenvalue weighted by atomic mass is 32.2. The molecule has 1 aliphatic heterocycles. The van der Waals surface area contributed by atoms with Gasteiger partial charge >= 0.3 is 0 Å². The van der Waals surface area contributed by atoms with Crippen molar-refractivity contribution in [2.45, 2.75) is 24.6 Å². The summed E-state index contributed by atoms with van der Waals surface area (Å²) in [6, 6.07) is 12.9. The monoisotopic (exact) mass is 286 g/mol. The SMILES string of the molecule is CC1(C)Oc2ccccc2C(=O)N1Sc1ccccn1. The maximum Gasteiger partial charge on any atom is 0.271 e. The fraction of sp³-hybridized carbons (Fsp3) is 0.200. The predicted octanol–water partition coefficient (Wildman–Crippen LogP) is 3.36. The summed E-state index contributed by atoms with van der Waals surface area (Å²) in [7, 11) is 0. The molecule has 2 aromatic rings. The third-order valence-electron chi connectivity index (χ3n) is 2.97. The van der Waals surface area contributed by atoms with Gasteiger partial charge in [0.05, 0.1) is 5.56 Å². The van der Waals surface area contributed by atoms with Crippen molar-refractivity contribution in [1.82, 2.24) is 9.29 Å². The van der Waals surface area contributed by atoms with Gasteiger partial charge in [0.15, 0.2) is 5.72 Å². The minimum atomic E-state index is -0.729. The van der Waals surface area contributed by atoms with Crippen LogP contribution >= 0.6 is 11.9 Å². The first-order valence-corrected chi connectivity index (χ1v) is 7.07. The molecule has 5 heteroatoms. The molecule has 2 heterocycles. The predicted molar refractivity (Wildman–Crippen MR) is 77.4 cm³/mol. The van der Waals surface area contributed by atoms with Gasteiger partial charge in [-0.25, -0.2) is 9.29 Å². The number of aromatic nitrogens is 1. The van der Waals surface area contributed by atoms with Gasteiger partial charge in [-0.15, -0.1) is 0 Å². The number of pyridine rings is 1. The molecule has 0 atom stereocenters. The number of carbonyl (C=O) groups excluding carboxylic acids is 1. The second-order valence-electron chi connectivity index (χ2n) is 4.90. The maximum atomic E-state index is 12.6. The molecule has 0 N–H and O–H groups in total. The number of carbonyl (C=O) groups is 1. The number of amides is 1. The zero-order valence-corrected chi connectivity index (χ0v) is 12.1. The third kappa shape index (κ3) is 2.25. The van der Waals surface area contributed by atoms with Gasteiger partial charge in [-0.1, -0.05) is 18.2 Å². The molecule has 1 aromatic carbocycles. The lowest BCUT2D eigenvalue weighted by Gasteiger charge is -2.41. The number of hydrogen-bond acceptors (Lipinski definition) is 4. The van der Waals surface area contributed by atoms with Gasteiger partial charge in [0.1, 0.15) is 10.8 Å². The molecular weight excluding hydrogens is 272 g/mol. The van der Waals surface area contributed by atoms with Crippen LogP contribution in [0.1, 0.15) is 24.2 Å². The Bertz CT molecular complexity index is 643. The van der Waals surface area contributed by atoms with Gasteiger partial charge in [-0.05, 0) is 38.1 Å². The number of ether oxygens (including phenoxy) is 1. The minimum Gasteiger partial charge on any atom is -0.467 e. The normalized spacial score (nSPS) is 16.5. The van der Waals surface area contributed by atoms with E-state index < -0.39 is 5.72 Å². The molecule has 0 radical (unpaired) electrons. The Hall–Kier alpha value is -2.01. The molecule has 20 heavy (non-hydrogen) atoms. The Morgan fingerprint density at radius 2 is 1.90 bits per heavy atom. The zero-order valence-electron chi connectivity index (χ0n) is 11.2. The standard InChI is InChI=1S/C15H14N2O2S/c1-15(2)17(20-13-9-5-6-10-16-13)14(18)11-7-3-4-8-12(11)19-15/h3-10H,1-2H3. The molecule has 1 aromatic heterocycles. The Balaban J connectivity index is 1.97. The summed E-state index contributed by atoms with van der Waals surface area (Å²) >= 11 is 1.29. The van der Waals surface area contributed by atoms with Gasteiger partial charge in [-0.3, -0.25) is 4.79 Å². The van der Waals surface area contributed by atoms with E-state index in [9.17, 15) is 4.79 Å². The van der Waals surface area contributed by atoms with Gasteiger partial charge < -0.3 is 4.74 Å². The van der Waals surface area contributed by atoms with E-state index in [4.69, 9.17) is 4.74 Å². The number of benzene rings is 1. The molecule has 4 nitrogen and oxygen atoms in total. The summed E-state index contributed by atoms with van der Waals surface area (Å²) in [6.45, 7) is 3.74. The first kappa shape index (κ1) is 13.0. The van der Waals surface area contributed by atoms with E-state index in [0.717, 1.165) is 5.03 Å². The van der Waals surface area contributed by atoms with E-state index in [0.29, 0.717) is 11.3 Å². The number of hydrogen-bond donors (Lipinski definition) is 0. The lowest BCUT2D eigenvalue weighted by Crippen LogP contribution is -2.51. The molecular formula is C15H14N2O2S. The van der Waals surface area contributed by atoms with E-state index in [1.807, 2.05) is 50.2 Å². The summed E-state index contributed by atoms with van der Waals surface area (Å²) < 4.78 is 7.55. The van der Waals surface area contributed by atoms with E-state index in [1.165, 1.54) is 11.9 Å². The van der Waals surface area contributed by atoms with Crippen molar-refractivity contribution < 1.29 is 9.53 Å². The average molecular weight is 286 g/mol. The van der Waals surface area contributed by atoms with Crippen molar-refractivity contribution in [3.8, 4) is 5.75 Å². The first-order chi connectivity index (χ1) is 9.58. The van der Waals surface area contributed by atoms with Crippen LogP contribution in [-0.4, -0.2) is 20.9 Å². The third-order valence-corrected chi connectivity index (χ3v) is 4.19. The summed E-state index contributed by atoms with van der Waals surface area (Å²) in [5.74, 6) is 0.563. The summed E-state index contributed by atoms with van der Waals surface area (Å²) in [4.78, 5) is 16.9. The lowest BCUT2D eigenvalue weighted by molar-refractivity contribution is -0.00311. The largest absolute Gasteiger partial charge is 0.467 e. The van der Waals surface area contributed by atoms with E-state index in [-0.39, 0.29) is 5.91 Å². The summed E-state index contributed by atoms with van der Waals surface area (Å²) in [5, 5.41) is 0.761. The van der Waals surface area contributed by atoms with Crippen molar-refractivity contribution in [3.05, 3.63) is 54.2 Å². The molecule has 3 rings (SSSR count). The number of para-hydroxylation sites is 1. The molecule has 0 spiro atoms. The number of fused-ring (bicyclic) bond motifs is 1. The zero-order chi connectivity index (χ0) is 14.2. The first-order valence-electron chi connectivity index (χ1n) is 6.29. The Kier molecular flexibility index (Phi) is 3.14. The molecule has 0 saturated heterocycles.